The number of methoxy groups -OCH3 is 5. The average Bonchev–Trinajstić information content (AvgIpc) is 2.90. The van der Waals surface area contributed by atoms with Gasteiger partial charge >= 0.3 is 0 Å². The number of halogens is 2. The molecule has 0 heterocycles. The lowest BCUT2D eigenvalue weighted by molar-refractivity contribution is 0.100. The fourth-order valence-corrected chi connectivity index (χ4v) is 4.13. The molecule has 0 aromatic heterocycles. The largest absolute Gasteiger partial charge is 0.495 e. The lowest BCUT2D eigenvalue weighted by Gasteiger charge is -2.13. The first-order valence-corrected chi connectivity index (χ1v) is 11.9. The van der Waals surface area contributed by atoms with Gasteiger partial charge < -0.3 is 23.7 Å². The van der Waals surface area contributed by atoms with E-state index in [0.717, 1.165) is 11.1 Å². The van der Waals surface area contributed by atoms with Crippen molar-refractivity contribution in [3.8, 4) is 28.7 Å². The molecule has 0 aliphatic heterocycles. The maximum atomic E-state index is 12.6. The number of ether oxygens (including phenoxy) is 5. The molecule has 0 amide bonds. The molecule has 0 fully saturated rings. The van der Waals surface area contributed by atoms with Gasteiger partial charge in [-0.25, -0.2) is 0 Å². The molecule has 194 valence electrons. The smallest absolute Gasteiger partial charge is 0.203 e. The van der Waals surface area contributed by atoms with Crippen molar-refractivity contribution in [2.45, 2.75) is 6.42 Å². The van der Waals surface area contributed by atoms with Crippen molar-refractivity contribution in [3.05, 3.63) is 69.2 Å². The standard InChI is InChI=1S/C28H27Cl2NO6/c1-33-24-9-8-19(16-20(24)29)23(32)10-11-31-22-13-17(12-21(30)27(22)36-4)6-7-18-14-25(34-2)28(37-5)26(15-18)35-3/h6-9,11-16H,10H2,1-5H3/b7-6-,31-11?. The third-order valence-corrected chi connectivity index (χ3v) is 5.96. The molecular formula is C28H27Cl2NO6. The quantitative estimate of drug-likeness (QED) is 0.145. The Morgan fingerprint density at radius 3 is 1.86 bits per heavy atom. The van der Waals surface area contributed by atoms with Crippen molar-refractivity contribution < 1.29 is 28.5 Å². The van der Waals surface area contributed by atoms with Gasteiger partial charge in [-0.15, -0.1) is 0 Å². The third-order valence-electron chi connectivity index (χ3n) is 5.39. The minimum Gasteiger partial charge on any atom is -0.495 e. The Hall–Kier alpha value is -3.68. The summed E-state index contributed by atoms with van der Waals surface area (Å²) in [6.45, 7) is 0. The number of carbonyl (C=O) groups is 1. The van der Waals surface area contributed by atoms with E-state index in [4.69, 9.17) is 46.9 Å². The van der Waals surface area contributed by atoms with Gasteiger partial charge in [0.2, 0.25) is 5.75 Å². The highest BCUT2D eigenvalue weighted by Crippen LogP contribution is 2.39. The molecule has 0 aliphatic carbocycles. The zero-order chi connectivity index (χ0) is 26.9. The van der Waals surface area contributed by atoms with Gasteiger partial charge in [0.15, 0.2) is 23.0 Å². The van der Waals surface area contributed by atoms with Crippen LogP contribution >= 0.6 is 23.2 Å². The van der Waals surface area contributed by atoms with Gasteiger partial charge in [-0.1, -0.05) is 35.4 Å². The van der Waals surface area contributed by atoms with E-state index in [0.29, 0.717) is 50.0 Å². The van der Waals surface area contributed by atoms with Crippen LogP contribution in [0, 0.1) is 0 Å². The molecule has 37 heavy (non-hydrogen) atoms. The molecule has 0 saturated carbocycles. The van der Waals surface area contributed by atoms with Gasteiger partial charge in [0.1, 0.15) is 11.4 Å². The molecular weight excluding hydrogens is 517 g/mol. The van der Waals surface area contributed by atoms with Crippen LogP contribution in [-0.2, 0) is 0 Å². The Bertz CT molecular complexity index is 1310. The summed E-state index contributed by atoms with van der Waals surface area (Å²) in [5, 5.41) is 0.750. The van der Waals surface area contributed by atoms with E-state index in [2.05, 4.69) is 4.99 Å². The number of rotatable bonds is 11. The Morgan fingerprint density at radius 1 is 0.730 bits per heavy atom. The van der Waals surface area contributed by atoms with Gasteiger partial charge in [-0.05, 0) is 53.6 Å². The highest BCUT2D eigenvalue weighted by Gasteiger charge is 2.13. The molecule has 0 aliphatic rings. The molecule has 0 spiro atoms. The zero-order valence-corrected chi connectivity index (χ0v) is 22.6. The molecule has 0 saturated heterocycles. The number of aliphatic imine (C=N–C) groups is 1. The number of Topliss-reactive ketones (excluding diaryl/α,β-unsaturated/α-hetero) is 1. The second-order valence-electron chi connectivity index (χ2n) is 7.64. The van der Waals surface area contributed by atoms with Crippen LogP contribution in [0.4, 0.5) is 5.69 Å². The second-order valence-corrected chi connectivity index (χ2v) is 8.45. The molecule has 3 aromatic carbocycles. The first-order chi connectivity index (χ1) is 17.8. The molecule has 3 aromatic rings. The first kappa shape index (κ1) is 27.9. The first-order valence-electron chi connectivity index (χ1n) is 11.1. The average molecular weight is 544 g/mol. The number of benzene rings is 3. The Labute approximate surface area is 226 Å². The summed E-state index contributed by atoms with van der Waals surface area (Å²) in [5.41, 5.74) is 2.56. The number of ketones is 1. The summed E-state index contributed by atoms with van der Waals surface area (Å²) in [6.07, 6.45) is 5.33. The summed E-state index contributed by atoms with van der Waals surface area (Å²) in [4.78, 5) is 17.0. The number of carbonyl (C=O) groups excluding carboxylic acids is 1. The normalized spacial score (nSPS) is 11.1. The maximum Gasteiger partial charge on any atom is 0.203 e. The van der Waals surface area contributed by atoms with Crippen molar-refractivity contribution in [1.29, 1.82) is 0 Å². The lowest BCUT2D eigenvalue weighted by atomic mass is 10.1. The van der Waals surface area contributed by atoms with Gasteiger partial charge in [-0.2, -0.15) is 0 Å². The van der Waals surface area contributed by atoms with Crippen molar-refractivity contribution in [1.82, 2.24) is 0 Å². The van der Waals surface area contributed by atoms with Gasteiger partial charge in [0.25, 0.3) is 0 Å². The van der Waals surface area contributed by atoms with Crippen LogP contribution in [0.2, 0.25) is 10.0 Å². The van der Waals surface area contributed by atoms with E-state index in [1.54, 1.807) is 45.6 Å². The fourth-order valence-electron chi connectivity index (χ4n) is 3.57. The molecule has 3 rings (SSSR count). The van der Waals surface area contributed by atoms with Crippen molar-refractivity contribution in [3.63, 3.8) is 0 Å². The summed E-state index contributed by atoms with van der Waals surface area (Å²) >= 11 is 12.6. The topological polar surface area (TPSA) is 75.6 Å². The van der Waals surface area contributed by atoms with E-state index in [1.165, 1.54) is 20.4 Å². The molecule has 0 N–H and O–H groups in total. The van der Waals surface area contributed by atoms with E-state index in [9.17, 15) is 4.79 Å². The Kier molecular flexibility index (Phi) is 9.83. The van der Waals surface area contributed by atoms with Gasteiger partial charge in [0.05, 0.1) is 45.6 Å². The second kappa shape index (κ2) is 13.0. The third kappa shape index (κ3) is 6.76. The fraction of sp³-hybridized carbons (Fsp3) is 0.214. The monoisotopic (exact) mass is 543 g/mol. The summed E-state index contributed by atoms with van der Waals surface area (Å²) in [7, 11) is 7.70. The lowest BCUT2D eigenvalue weighted by Crippen LogP contribution is -2.00. The molecule has 0 unspecified atom stereocenters. The molecule has 0 bridgehead atoms. The van der Waals surface area contributed by atoms with E-state index in [1.807, 2.05) is 30.4 Å². The summed E-state index contributed by atoms with van der Waals surface area (Å²) in [5.74, 6) is 2.37. The van der Waals surface area contributed by atoms with Crippen LogP contribution in [-0.4, -0.2) is 47.5 Å². The number of nitrogens with zero attached hydrogens (tertiary/aromatic N) is 1. The van der Waals surface area contributed by atoms with Crippen LogP contribution in [0.3, 0.4) is 0 Å². The molecule has 0 atom stereocenters. The molecule has 9 heteroatoms. The van der Waals surface area contributed by atoms with Gasteiger partial charge in [-0.3, -0.25) is 9.79 Å². The van der Waals surface area contributed by atoms with Crippen LogP contribution < -0.4 is 23.7 Å². The zero-order valence-electron chi connectivity index (χ0n) is 21.1. The Morgan fingerprint density at radius 2 is 1.32 bits per heavy atom. The summed E-state index contributed by atoms with van der Waals surface area (Å²) < 4.78 is 26.8. The van der Waals surface area contributed by atoms with E-state index in [-0.39, 0.29) is 12.2 Å². The SMILES string of the molecule is COc1ccc(C(=O)CC=Nc2cc(/C=C\c3cc(OC)c(OC)c(OC)c3)cc(Cl)c2OC)cc1Cl. The maximum absolute atomic E-state index is 12.6. The minimum absolute atomic E-state index is 0.0644. The highest BCUT2D eigenvalue weighted by atomic mass is 35.5. The minimum atomic E-state index is -0.142. The predicted octanol–water partition coefficient (Wildman–Crippen LogP) is 7.18. The summed E-state index contributed by atoms with van der Waals surface area (Å²) in [6, 6.07) is 12.1. The number of hydrogen-bond acceptors (Lipinski definition) is 7. The van der Waals surface area contributed by atoms with Gasteiger partial charge in [0, 0.05) is 18.2 Å². The Balaban J connectivity index is 1.84. The number of hydrogen-bond donors (Lipinski definition) is 0. The van der Waals surface area contributed by atoms with Crippen LogP contribution in [0.5, 0.6) is 28.7 Å². The van der Waals surface area contributed by atoms with Crippen molar-refractivity contribution >= 4 is 53.0 Å². The predicted molar refractivity (Wildman–Crippen MR) is 148 cm³/mol. The van der Waals surface area contributed by atoms with Crippen LogP contribution in [0.15, 0.2) is 47.5 Å². The van der Waals surface area contributed by atoms with E-state index < -0.39 is 0 Å². The van der Waals surface area contributed by atoms with Crippen LogP contribution in [0.1, 0.15) is 27.9 Å². The van der Waals surface area contributed by atoms with E-state index >= 15 is 0 Å². The highest BCUT2D eigenvalue weighted by molar-refractivity contribution is 6.33. The molecule has 0 radical (unpaired) electrons. The van der Waals surface area contributed by atoms with Crippen molar-refractivity contribution in [2.75, 3.05) is 35.5 Å². The van der Waals surface area contributed by atoms with Crippen molar-refractivity contribution in [2.24, 2.45) is 4.99 Å². The molecule has 7 nitrogen and oxygen atoms in total. The van der Waals surface area contributed by atoms with Crippen LogP contribution in [0.25, 0.3) is 12.2 Å².